The number of ether oxygens (including phenoxy) is 1. The number of likely N-dealkylation sites (tertiary alicyclic amines) is 1. The van der Waals surface area contributed by atoms with Crippen molar-refractivity contribution < 1.29 is 19.0 Å². The third-order valence-electron chi connectivity index (χ3n) is 5.52. The molecular weight excluding hydrogens is 401 g/mol. The molecule has 1 saturated heterocycles. The fourth-order valence-corrected chi connectivity index (χ4v) is 3.77. The minimum absolute atomic E-state index is 0.0592. The van der Waals surface area contributed by atoms with Crippen LogP contribution in [0.2, 0.25) is 0 Å². The molecule has 3 heterocycles. The van der Waals surface area contributed by atoms with E-state index in [0.29, 0.717) is 35.8 Å². The summed E-state index contributed by atoms with van der Waals surface area (Å²) >= 11 is 0. The fraction of sp³-hybridized carbons (Fsp3) is 0.364. The number of hydrogen-bond donors (Lipinski definition) is 1. The number of benzene rings is 1. The van der Waals surface area contributed by atoms with Crippen LogP contribution in [0.3, 0.4) is 0 Å². The van der Waals surface area contributed by atoms with Gasteiger partial charge in [-0.2, -0.15) is 15.0 Å². The second-order valence-electron chi connectivity index (χ2n) is 7.70. The molecule has 1 aliphatic heterocycles. The molecule has 4 rings (SSSR count). The summed E-state index contributed by atoms with van der Waals surface area (Å²) in [5, 5.41) is 17.9. The first-order valence-corrected chi connectivity index (χ1v) is 10.2. The van der Waals surface area contributed by atoms with E-state index in [1.54, 1.807) is 30.6 Å². The number of pyridine rings is 1. The van der Waals surface area contributed by atoms with Gasteiger partial charge in [0.25, 0.3) is 5.91 Å². The lowest BCUT2D eigenvalue weighted by atomic mass is 9.93. The van der Waals surface area contributed by atoms with Crippen LogP contribution in [0.15, 0.2) is 48.9 Å². The van der Waals surface area contributed by atoms with E-state index in [1.165, 1.54) is 16.9 Å². The molecule has 2 aromatic heterocycles. The third kappa shape index (κ3) is 4.72. The molecule has 1 aromatic carbocycles. The van der Waals surface area contributed by atoms with Crippen LogP contribution in [0.1, 0.15) is 35.7 Å². The molecule has 1 N–H and O–H groups in total. The van der Waals surface area contributed by atoms with Crippen LogP contribution >= 0.6 is 0 Å². The van der Waals surface area contributed by atoms with Gasteiger partial charge in [-0.25, -0.2) is 9.37 Å². The maximum absolute atomic E-state index is 13.5. The Morgan fingerprint density at radius 3 is 2.74 bits per heavy atom. The number of rotatable bonds is 6. The van der Waals surface area contributed by atoms with Crippen molar-refractivity contribution in [2.45, 2.75) is 32.4 Å². The minimum atomic E-state index is -0.414. The number of aromatic nitrogens is 4. The summed E-state index contributed by atoms with van der Waals surface area (Å²) in [6.07, 6.45) is 5.97. The summed E-state index contributed by atoms with van der Waals surface area (Å²) in [6.45, 7) is 2.78. The largest absolute Gasteiger partial charge is 0.477 e. The maximum Gasteiger partial charge on any atom is 0.256 e. The molecule has 9 heteroatoms. The molecule has 31 heavy (non-hydrogen) atoms. The number of hydrogen-bond acceptors (Lipinski definition) is 6. The zero-order valence-corrected chi connectivity index (χ0v) is 17.2. The molecule has 0 radical (unpaired) electrons. The summed E-state index contributed by atoms with van der Waals surface area (Å²) in [5.41, 5.74) is 1.65. The highest BCUT2D eigenvalue weighted by atomic mass is 19.1. The Morgan fingerprint density at radius 2 is 2.03 bits per heavy atom. The van der Waals surface area contributed by atoms with Gasteiger partial charge in [-0.1, -0.05) is 6.07 Å². The Balaban J connectivity index is 1.52. The Morgan fingerprint density at radius 1 is 1.23 bits per heavy atom. The van der Waals surface area contributed by atoms with Gasteiger partial charge in [-0.05, 0) is 43.5 Å². The van der Waals surface area contributed by atoms with Crippen LogP contribution in [0, 0.1) is 11.7 Å². The number of aliphatic hydroxyl groups is 1. The molecule has 2 atom stereocenters. The highest BCUT2D eigenvalue weighted by molar-refractivity contribution is 5.98. The SMILES string of the molecule is C[C@H]1CC[C@H](COc2ccc(F)cn2)CN1C(=O)c1cc(CO)ccc1-n1nccn1. The second kappa shape index (κ2) is 9.22. The van der Waals surface area contributed by atoms with Crippen LogP contribution < -0.4 is 4.74 Å². The molecule has 0 aliphatic carbocycles. The molecule has 1 aliphatic rings. The van der Waals surface area contributed by atoms with Crippen molar-refractivity contribution in [3.05, 3.63) is 65.9 Å². The molecule has 0 spiro atoms. The predicted molar refractivity (Wildman–Crippen MR) is 110 cm³/mol. The van der Waals surface area contributed by atoms with Crippen molar-refractivity contribution in [3.63, 3.8) is 0 Å². The van der Waals surface area contributed by atoms with Gasteiger partial charge in [0.15, 0.2) is 0 Å². The zero-order valence-electron chi connectivity index (χ0n) is 17.2. The van der Waals surface area contributed by atoms with Crippen molar-refractivity contribution >= 4 is 5.91 Å². The van der Waals surface area contributed by atoms with Crippen LogP contribution in [-0.2, 0) is 6.61 Å². The topological polar surface area (TPSA) is 93.4 Å². The third-order valence-corrected chi connectivity index (χ3v) is 5.52. The molecule has 0 bridgehead atoms. The number of nitrogens with zero attached hydrogens (tertiary/aromatic N) is 5. The number of aliphatic hydroxyl groups excluding tert-OH is 1. The average Bonchev–Trinajstić information content (AvgIpc) is 3.33. The molecule has 0 unspecified atom stereocenters. The van der Waals surface area contributed by atoms with Crippen LogP contribution in [0.5, 0.6) is 5.88 Å². The summed E-state index contributed by atoms with van der Waals surface area (Å²) in [6, 6.07) is 8.04. The van der Waals surface area contributed by atoms with E-state index in [1.807, 2.05) is 11.8 Å². The highest BCUT2D eigenvalue weighted by Gasteiger charge is 2.31. The van der Waals surface area contributed by atoms with E-state index in [-0.39, 0.29) is 24.5 Å². The van der Waals surface area contributed by atoms with Gasteiger partial charge >= 0.3 is 0 Å². The normalized spacial score (nSPS) is 18.7. The van der Waals surface area contributed by atoms with Gasteiger partial charge in [0.1, 0.15) is 5.82 Å². The lowest BCUT2D eigenvalue weighted by Gasteiger charge is -2.38. The van der Waals surface area contributed by atoms with Crippen LogP contribution in [0.25, 0.3) is 5.69 Å². The molecule has 8 nitrogen and oxygen atoms in total. The first-order valence-electron chi connectivity index (χ1n) is 10.2. The summed E-state index contributed by atoms with van der Waals surface area (Å²) in [5.74, 6) is -0.0669. The number of carbonyl (C=O) groups is 1. The number of carbonyl (C=O) groups excluding carboxylic acids is 1. The van der Waals surface area contributed by atoms with E-state index in [2.05, 4.69) is 15.2 Å². The molecule has 162 valence electrons. The lowest BCUT2D eigenvalue weighted by molar-refractivity contribution is 0.0502. The van der Waals surface area contributed by atoms with Gasteiger partial charge in [-0.3, -0.25) is 4.79 Å². The van der Waals surface area contributed by atoms with Crippen molar-refractivity contribution in [2.24, 2.45) is 5.92 Å². The van der Waals surface area contributed by atoms with Crippen molar-refractivity contribution in [1.82, 2.24) is 24.9 Å². The van der Waals surface area contributed by atoms with E-state index < -0.39 is 5.82 Å². The highest BCUT2D eigenvalue weighted by Crippen LogP contribution is 2.26. The Labute approximate surface area is 179 Å². The predicted octanol–water partition coefficient (Wildman–Crippen LogP) is 2.61. The van der Waals surface area contributed by atoms with E-state index >= 15 is 0 Å². The Kier molecular flexibility index (Phi) is 6.22. The number of amides is 1. The zero-order chi connectivity index (χ0) is 21.8. The molecule has 1 amide bonds. The van der Waals surface area contributed by atoms with Crippen molar-refractivity contribution in [3.8, 4) is 11.6 Å². The van der Waals surface area contributed by atoms with Crippen molar-refractivity contribution in [1.29, 1.82) is 0 Å². The van der Waals surface area contributed by atoms with E-state index in [9.17, 15) is 14.3 Å². The number of piperidine rings is 1. The van der Waals surface area contributed by atoms with Crippen molar-refractivity contribution in [2.75, 3.05) is 13.2 Å². The first kappa shape index (κ1) is 20.9. The minimum Gasteiger partial charge on any atom is -0.477 e. The standard InChI is InChI=1S/C22H24FN5O3/c1-15-2-3-17(14-31-21-7-5-18(23)11-24-21)12-27(15)22(30)19-10-16(13-29)4-6-20(19)28-25-8-9-26-28/h4-11,15,17,29H,2-3,12-14H2,1H3/t15-,17-/m0/s1. The Hall–Kier alpha value is -3.33. The van der Waals surface area contributed by atoms with Crippen LogP contribution in [0.4, 0.5) is 4.39 Å². The smallest absolute Gasteiger partial charge is 0.256 e. The molecule has 3 aromatic rings. The lowest BCUT2D eigenvalue weighted by Crippen LogP contribution is -2.47. The molecule has 0 saturated carbocycles. The Bertz CT molecular complexity index is 1030. The first-order chi connectivity index (χ1) is 15.0. The fourth-order valence-electron chi connectivity index (χ4n) is 3.77. The maximum atomic E-state index is 13.5. The van der Waals surface area contributed by atoms with Gasteiger partial charge in [-0.15, -0.1) is 0 Å². The van der Waals surface area contributed by atoms with Gasteiger partial charge in [0, 0.05) is 24.6 Å². The molecule has 1 fully saturated rings. The van der Waals surface area contributed by atoms with Gasteiger partial charge in [0.05, 0.1) is 43.1 Å². The molecular formula is C22H24FN5O3. The van der Waals surface area contributed by atoms with E-state index in [0.717, 1.165) is 19.0 Å². The average molecular weight is 425 g/mol. The summed E-state index contributed by atoms with van der Waals surface area (Å²) in [7, 11) is 0. The van der Waals surface area contributed by atoms with Crippen LogP contribution in [-0.4, -0.2) is 55.1 Å². The number of halogens is 1. The quantitative estimate of drug-likeness (QED) is 0.653. The van der Waals surface area contributed by atoms with E-state index in [4.69, 9.17) is 4.74 Å². The van der Waals surface area contributed by atoms with Gasteiger partial charge < -0.3 is 14.7 Å². The van der Waals surface area contributed by atoms with Gasteiger partial charge in [0.2, 0.25) is 5.88 Å². The summed E-state index contributed by atoms with van der Waals surface area (Å²) in [4.78, 5) is 20.7. The summed E-state index contributed by atoms with van der Waals surface area (Å²) < 4.78 is 18.7. The second-order valence-corrected chi connectivity index (χ2v) is 7.70. The monoisotopic (exact) mass is 425 g/mol.